The van der Waals surface area contributed by atoms with E-state index in [1.54, 1.807) is 0 Å². The van der Waals surface area contributed by atoms with Gasteiger partial charge in [0.25, 0.3) is 5.91 Å². The molecule has 0 saturated heterocycles. The van der Waals surface area contributed by atoms with E-state index in [4.69, 9.17) is 21.2 Å². The minimum Gasteiger partial charge on any atom is -0.457 e. The summed E-state index contributed by atoms with van der Waals surface area (Å²) in [5.41, 5.74) is 15.8. The number of aromatic nitrogens is 1. The van der Waals surface area contributed by atoms with Crippen molar-refractivity contribution in [1.29, 1.82) is 0 Å². The maximum atomic E-state index is 11.9. The third-order valence-electron chi connectivity index (χ3n) is 5.14. The predicted molar refractivity (Wildman–Crippen MR) is 130 cm³/mol. The molecule has 0 radical (unpaired) electrons. The van der Waals surface area contributed by atoms with E-state index in [9.17, 15) is 4.79 Å². The second-order valence-electron chi connectivity index (χ2n) is 7.25. The summed E-state index contributed by atoms with van der Waals surface area (Å²) >= 11 is 1.22. The van der Waals surface area contributed by atoms with Gasteiger partial charge >= 0.3 is 0 Å². The highest BCUT2D eigenvalue weighted by molar-refractivity contribution is 7.21. The van der Waals surface area contributed by atoms with E-state index in [0.29, 0.717) is 15.4 Å². The number of para-hydroxylation sites is 1. The first-order valence-corrected chi connectivity index (χ1v) is 10.8. The highest BCUT2D eigenvalue weighted by Crippen LogP contribution is 2.41. The molecule has 156 valence electrons. The van der Waals surface area contributed by atoms with E-state index in [1.165, 1.54) is 11.3 Å². The average Bonchev–Trinajstić information content (AvgIpc) is 3.17. The molecular formula is C26H19N3O2S. The third kappa shape index (κ3) is 3.68. The van der Waals surface area contributed by atoms with E-state index in [0.717, 1.165) is 39.3 Å². The van der Waals surface area contributed by atoms with Crippen molar-refractivity contribution in [2.75, 3.05) is 5.73 Å². The topological polar surface area (TPSA) is 91.2 Å². The van der Waals surface area contributed by atoms with Crippen molar-refractivity contribution >= 4 is 33.1 Å². The Hall–Kier alpha value is -4.16. The number of fused-ring (bicyclic) bond motifs is 1. The molecule has 0 aliphatic rings. The lowest BCUT2D eigenvalue weighted by molar-refractivity contribution is 0.100. The quantitative estimate of drug-likeness (QED) is 0.347. The number of carbonyl (C=O) groups is 1. The second-order valence-corrected chi connectivity index (χ2v) is 8.25. The van der Waals surface area contributed by atoms with Gasteiger partial charge in [0, 0.05) is 10.9 Å². The standard InChI is InChI=1S/C26H19N3O2S/c27-23-22-20(16-7-3-1-4-8-16)15-21(29-26(22)32-24(23)25(28)30)17-11-13-19(14-12-17)31-18-9-5-2-6-10-18/h1-15H,27H2,(H2,28,30). The zero-order chi connectivity index (χ0) is 22.1. The second kappa shape index (κ2) is 8.17. The Morgan fingerprint density at radius 3 is 2.09 bits per heavy atom. The number of ether oxygens (including phenoxy) is 1. The van der Waals surface area contributed by atoms with Crippen LogP contribution < -0.4 is 16.2 Å². The first-order valence-electron chi connectivity index (χ1n) is 10.0. The van der Waals surface area contributed by atoms with E-state index in [-0.39, 0.29) is 0 Å². The molecular weight excluding hydrogens is 418 g/mol. The maximum Gasteiger partial charge on any atom is 0.260 e. The molecule has 4 N–H and O–H groups in total. The summed E-state index contributed by atoms with van der Waals surface area (Å²) < 4.78 is 5.89. The van der Waals surface area contributed by atoms with Gasteiger partial charge in [-0.15, -0.1) is 11.3 Å². The number of rotatable bonds is 5. The number of amides is 1. The average molecular weight is 438 g/mol. The Bertz CT molecular complexity index is 1410. The summed E-state index contributed by atoms with van der Waals surface area (Å²) in [6.45, 7) is 0. The molecule has 0 atom stereocenters. The molecule has 5 aromatic rings. The van der Waals surface area contributed by atoms with Crippen molar-refractivity contribution in [3.63, 3.8) is 0 Å². The van der Waals surface area contributed by atoms with Gasteiger partial charge in [-0.2, -0.15) is 0 Å². The third-order valence-corrected chi connectivity index (χ3v) is 6.25. The molecule has 0 spiro atoms. The zero-order valence-corrected chi connectivity index (χ0v) is 17.8. The molecule has 5 rings (SSSR count). The molecule has 6 heteroatoms. The number of hydrogen-bond donors (Lipinski definition) is 2. The fourth-order valence-corrected chi connectivity index (χ4v) is 4.59. The summed E-state index contributed by atoms with van der Waals surface area (Å²) in [5, 5.41) is 0.753. The number of nitrogens with zero attached hydrogens (tertiary/aromatic N) is 1. The first-order chi connectivity index (χ1) is 15.6. The Labute approximate surface area is 188 Å². The SMILES string of the molecule is NC(=O)c1sc2nc(-c3ccc(Oc4ccccc4)cc3)cc(-c3ccccc3)c2c1N. The summed E-state index contributed by atoms with van der Waals surface area (Å²) in [5.74, 6) is 0.966. The van der Waals surface area contributed by atoms with Crippen molar-refractivity contribution in [2.45, 2.75) is 0 Å². The lowest BCUT2D eigenvalue weighted by Crippen LogP contribution is -2.10. The highest BCUT2D eigenvalue weighted by atomic mass is 32.1. The van der Waals surface area contributed by atoms with Gasteiger partial charge in [0.2, 0.25) is 0 Å². The van der Waals surface area contributed by atoms with Crippen molar-refractivity contribution < 1.29 is 9.53 Å². The van der Waals surface area contributed by atoms with Crippen molar-refractivity contribution in [2.24, 2.45) is 5.73 Å². The van der Waals surface area contributed by atoms with E-state index in [1.807, 2.05) is 91.0 Å². The summed E-state index contributed by atoms with van der Waals surface area (Å²) in [6.07, 6.45) is 0. The number of primary amides is 1. The van der Waals surface area contributed by atoms with Gasteiger partial charge in [0.05, 0.1) is 11.4 Å². The van der Waals surface area contributed by atoms with Gasteiger partial charge in [-0.25, -0.2) is 4.98 Å². The molecule has 2 heterocycles. The van der Waals surface area contributed by atoms with E-state index >= 15 is 0 Å². The van der Waals surface area contributed by atoms with Crippen molar-refractivity contribution in [1.82, 2.24) is 4.98 Å². The van der Waals surface area contributed by atoms with Crippen LogP contribution in [0.2, 0.25) is 0 Å². The van der Waals surface area contributed by atoms with E-state index < -0.39 is 5.91 Å². The molecule has 0 bridgehead atoms. The molecule has 3 aromatic carbocycles. The Balaban J connectivity index is 1.61. The molecule has 0 fully saturated rings. The van der Waals surface area contributed by atoms with Crippen molar-refractivity contribution in [3.8, 4) is 33.9 Å². The number of benzene rings is 3. The Morgan fingerprint density at radius 1 is 0.812 bits per heavy atom. The molecule has 0 aliphatic carbocycles. The molecule has 1 amide bonds. The predicted octanol–water partition coefficient (Wildman–Crippen LogP) is 6.10. The minimum absolute atomic E-state index is 0.327. The van der Waals surface area contributed by atoms with Crippen LogP contribution in [0.5, 0.6) is 11.5 Å². The highest BCUT2D eigenvalue weighted by Gasteiger charge is 2.20. The smallest absolute Gasteiger partial charge is 0.260 e. The van der Waals surface area contributed by atoms with Gasteiger partial charge < -0.3 is 16.2 Å². The van der Waals surface area contributed by atoms with Gasteiger partial charge in [-0.3, -0.25) is 4.79 Å². The van der Waals surface area contributed by atoms with Gasteiger partial charge in [0.15, 0.2) is 0 Å². The van der Waals surface area contributed by atoms with Gasteiger partial charge in [-0.1, -0.05) is 48.5 Å². The van der Waals surface area contributed by atoms with Crippen LogP contribution in [-0.4, -0.2) is 10.9 Å². The number of carbonyl (C=O) groups excluding carboxylic acids is 1. The maximum absolute atomic E-state index is 11.9. The van der Waals surface area contributed by atoms with Crippen LogP contribution in [0.15, 0.2) is 91.0 Å². The first kappa shape index (κ1) is 19.8. The molecule has 32 heavy (non-hydrogen) atoms. The zero-order valence-electron chi connectivity index (χ0n) is 17.0. The minimum atomic E-state index is -0.548. The number of nitrogens with two attached hydrogens (primary N) is 2. The normalized spacial score (nSPS) is 10.9. The summed E-state index contributed by atoms with van der Waals surface area (Å²) in [6, 6.07) is 29.3. The van der Waals surface area contributed by atoms with Crippen LogP contribution in [0.4, 0.5) is 5.69 Å². The fraction of sp³-hybridized carbons (Fsp3) is 0. The van der Waals surface area contributed by atoms with Crippen LogP contribution in [0, 0.1) is 0 Å². The Morgan fingerprint density at radius 2 is 1.44 bits per heavy atom. The molecule has 0 saturated carbocycles. The summed E-state index contributed by atoms with van der Waals surface area (Å²) in [4.78, 5) is 17.7. The van der Waals surface area contributed by atoms with E-state index in [2.05, 4.69) is 0 Å². The fourth-order valence-electron chi connectivity index (χ4n) is 3.62. The van der Waals surface area contributed by atoms with Crippen LogP contribution >= 0.6 is 11.3 Å². The number of pyridine rings is 1. The number of hydrogen-bond acceptors (Lipinski definition) is 5. The Kier molecular flexibility index (Phi) is 5.05. The van der Waals surface area contributed by atoms with Crippen LogP contribution in [0.1, 0.15) is 9.67 Å². The van der Waals surface area contributed by atoms with Crippen LogP contribution in [-0.2, 0) is 0 Å². The number of nitrogen functional groups attached to an aromatic ring is 1. The van der Waals surface area contributed by atoms with Gasteiger partial charge in [0.1, 0.15) is 21.2 Å². The number of thiophene rings is 1. The molecule has 0 unspecified atom stereocenters. The van der Waals surface area contributed by atoms with Crippen LogP contribution in [0.25, 0.3) is 32.6 Å². The van der Waals surface area contributed by atoms with Crippen molar-refractivity contribution in [3.05, 3.63) is 95.9 Å². The summed E-state index contributed by atoms with van der Waals surface area (Å²) in [7, 11) is 0. The monoisotopic (exact) mass is 437 g/mol. The molecule has 5 nitrogen and oxygen atoms in total. The lowest BCUT2D eigenvalue weighted by Gasteiger charge is -2.10. The van der Waals surface area contributed by atoms with Crippen LogP contribution in [0.3, 0.4) is 0 Å². The lowest BCUT2D eigenvalue weighted by atomic mass is 9.99. The number of anilines is 1. The van der Waals surface area contributed by atoms with Gasteiger partial charge in [-0.05, 0) is 53.6 Å². The largest absolute Gasteiger partial charge is 0.457 e. The molecule has 0 aliphatic heterocycles. The molecule has 2 aromatic heterocycles.